The van der Waals surface area contributed by atoms with Crippen molar-refractivity contribution in [2.75, 3.05) is 5.32 Å². The van der Waals surface area contributed by atoms with E-state index in [1.807, 2.05) is 0 Å². The van der Waals surface area contributed by atoms with Crippen molar-refractivity contribution in [1.82, 2.24) is 0 Å². The minimum atomic E-state index is -1.75. The van der Waals surface area contributed by atoms with Crippen molar-refractivity contribution < 1.29 is 27.5 Å². The zero-order valence-electron chi connectivity index (χ0n) is 10.1. The largest absolute Gasteiger partial charge is 0.508 e. The van der Waals surface area contributed by atoms with Crippen LogP contribution in [0.2, 0.25) is 5.02 Å². The van der Waals surface area contributed by atoms with Crippen molar-refractivity contribution in [3.63, 3.8) is 0 Å². The number of rotatable bonds is 2. The number of hydrogen-bond donors (Lipinski definition) is 2. The molecule has 0 fully saturated rings. The molecule has 0 aliphatic carbocycles. The van der Waals surface area contributed by atoms with E-state index in [0.717, 1.165) is 6.07 Å². The number of anilines is 1. The fraction of sp³-hybridized carbons (Fsp3) is 0. The van der Waals surface area contributed by atoms with Crippen LogP contribution in [0.4, 0.5) is 23.2 Å². The molecule has 0 aromatic heterocycles. The van der Waals surface area contributed by atoms with Gasteiger partial charge in [0.15, 0.2) is 23.3 Å². The first-order chi connectivity index (χ1) is 9.81. The van der Waals surface area contributed by atoms with Crippen LogP contribution in [-0.2, 0) is 0 Å². The van der Waals surface area contributed by atoms with E-state index < -0.39 is 34.9 Å². The number of amides is 1. The normalized spacial score (nSPS) is 10.5. The van der Waals surface area contributed by atoms with Crippen LogP contribution in [-0.4, -0.2) is 11.0 Å². The number of halogens is 5. The van der Waals surface area contributed by atoms with Gasteiger partial charge in [0.2, 0.25) is 0 Å². The summed E-state index contributed by atoms with van der Waals surface area (Å²) in [5.74, 6) is -8.29. The highest BCUT2D eigenvalue weighted by Crippen LogP contribution is 2.27. The van der Waals surface area contributed by atoms with Crippen LogP contribution >= 0.6 is 11.6 Å². The molecule has 2 aromatic carbocycles. The van der Waals surface area contributed by atoms with Gasteiger partial charge in [0.25, 0.3) is 5.91 Å². The number of phenols is 1. The molecule has 0 aliphatic rings. The van der Waals surface area contributed by atoms with Gasteiger partial charge in [0.05, 0.1) is 10.6 Å². The van der Waals surface area contributed by atoms with Gasteiger partial charge >= 0.3 is 0 Å². The summed E-state index contributed by atoms with van der Waals surface area (Å²) >= 11 is 5.69. The highest BCUT2D eigenvalue weighted by molar-refractivity contribution is 6.34. The van der Waals surface area contributed by atoms with Crippen LogP contribution in [0.25, 0.3) is 0 Å². The number of benzene rings is 2. The van der Waals surface area contributed by atoms with E-state index in [1.165, 1.54) is 12.1 Å². The van der Waals surface area contributed by atoms with Crippen molar-refractivity contribution in [2.24, 2.45) is 0 Å². The summed E-state index contributed by atoms with van der Waals surface area (Å²) < 4.78 is 52.9. The predicted octanol–water partition coefficient (Wildman–Crippen LogP) is 3.85. The molecular formula is C13H6ClF4NO2. The quantitative estimate of drug-likeness (QED) is 0.652. The lowest BCUT2D eigenvalue weighted by Crippen LogP contribution is -2.16. The molecule has 0 heterocycles. The third kappa shape index (κ3) is 2.92. The number of nitrogens with one attached hydrogen (secondary N) is 1. The average molecular weight is 320 g/mol. The first-order valence-electron chi connectivity index (χ1n) is 5.44. The molecule has 0 atom stereocenters. The molecule has 110 valence electrons. The molecule has 0 unspecified atom stereocenters. The van der Waals surface area contributed by atoms with Crippen LogP contribution in [0.1, 0.15) is 10.4 Å². The molecule has 2 N–H and O–H groups in total. The number of carbonyl (C=O) groups is 1. The molecule has 1 amide bonds. The van der Waals surface area contributed by atoms with Crippen LogP contribution < -0.4 is 5.32 Å². The second-order valence-electron chi connectivity index (χ2n) is 3.96. The molecule has 0 radical (unpaired) electrons. The average Bonchev–Trinajstić information content (AvgIpc) is 2.43. The third-order valence-corrected chi connectivity index (χ3v) is 2.87. The van der Waals surface area contributed by atoms with E-state index in [2.05, 4.69) is 0 Å². The Kier molecular flexibility index (Phi) is 4.04. The summed E-state index contributed by atoms with van der Waals surface area (Å²) in [6, 6.07) is 3.30. The molecular weight excluding hydrogens is 314 g/mol. The SMILES string of the molecule is O=C(Nc1c(F)c(F)cc(F)c1F)c1cc(O)ccc1Cl. The van der Waals surface area contributed by atoms with Crippen LogP contribution in [0.15, 0.2) is 24.3 Å². The Hall–Kier alpha value is -2.28. The standard InChI is InChI=1S/C13H6ClF4NO2/c14-7-2-1-5(20)3-6(7)13(21)19-12-10(17)8(15)4-9(16)11(12)18/h1-4,20H,(H,19,21). The van der Waals surface area contributed by atoms with Crippen LogP contribution in [0, 0.1) is 23.3 Å². The smallest absolute Gasteiger partial charge is 0.257 e. The van der Waals surface area contributed by atoms with Crippen LogP contribution in [0.5, 0.6) is 5.75 Å². The lowest BCUT2D eigenvalue weighted by Gasteiger charge is -2.10. The van der Waals surface area contributed by atoms with Gasteiger partial charge in [0.1, 0.15) is 11.4 Å². The number of carbonyl (C=O) groups excluding carboxylic acids is 1. The molecule has 0 saturated heterocycles. The van der Waals surface area contributed by atoms with Crippen molar-refractivity contribution in [2.45, 2.75) is 0 Å². The molecule has 0 spiro atoms. The summed E-state index contributed by atoms with van der Waals surface area (Å²) in [7, 11) is 0. The maximum Gasteiger partial charge on any atom is 0.257 e. The third-order valence-electron chi connectivity index (χ3n) is 2.54. The molecule has 8 heteroatoms. The zero-order valence-corrected chi connectivity index (χ0v) is 10.8. The van der Waals surface area contributed by atoms with E-state index in [-0.39, 0.29) is 22.4 Å². The Morgan fingerprint density at radius 1 is 1.05 bits per heavy atom. The van der Waals surface area contributed by atoms with Gasteiger partial charge in [0, 0.05) is 6.07 Å². The summed E-state index contributed by atoms with van der Waals surface area (Å²) in [6.45, 7) is 0. The fourth-order valence-electron chi connectivity index (χ4n) is 1.55. The van der Waals surface area contributed by atoms with E-state index in [4.69, 9.17) is 11.6 Å². The van der Waals surface area contributed by atoms with E-state index in [1.54, 1.807) is 5.32 Å². The minimum Gasteiger partial charge on any atom is -0.508 e. The van der Waals surface area contributed by atoms with Gasteiger partial charge in [-0.05, 0) is 18.2 Å². The monoisotopic (exact) mass is 319 g/mol. The fourth-order valence-corrected chi connectivity index (χ4v) is 1.75. The second kappa shape index (κ2) is 5.61. The maximum atomic E-state index is 13.4. The van der Waals surface area contributed by atoms with Crippen molar-refractivity contribution >= 4 is 23.2 Å². The van der Waals surface area contributed by atoms with Crippen LogP contribution in [0.3, 0.4) is 0 Å². The topological polar surface area (TPSA) is 49.3 Å². The molecule has 0 bridgehead atoms. The summed E-state index contributed by atoms with van der Waals surface area (Å²) in [4.78, 5) is 11.8. The Balaban J connectivity index is 2.43. The van der Waals surface area contributed by atoms with Gasteiger partial charge in [-0.25, -0.2) is 17.6 Å². The van der Waals surface area contributed by atoms with Crippen molar-refractivity contribution in [3.05, 3.63) is 58.1 Å². The summed E-state index contributed by atoms with van der Waals surface area (Å²) in [5, 5.41) is 10.8. The number of phenolic OH excluding ortho intramolecular Hbond substituents is 1. The molecule has 2 rings (SSSR count). The minimum absolute atomic E-state index is 0.0155. The Morgan fingerprint density at radius 2 is 1.62 bits per heavy atom. The van der Waals surface area contributed by atoms with Gasteiger partial charge in [-0.15, -0.1) is 0 Å². The summed E-state index contributed by atoms with van der Waals surface area (Å²) in [6.07, 6.45) is 0. The molecule has 3 nitrogen and oxygen atoms in total. The molecule has 0 saturated carbocycles. The number of aromatic hydroxyl groups is 1. The Bertz CT molecular complexity index is 710. The first kappa shape index (κ1) is 15.1. The highest BCUT2D eigenvalue weighted by Gasteiger charge is 2.22. The predicted molar refractivity (Wildman–Crippen MR) is 67.3 cm³/mol. The maximum absolute atomic E-state index is 13.4. The highest BCUT2D eigenvalue weighted by atomic mass is 35.5. The van der Waals surface area contributed by atoms with Gasteiger partial charge < -0.3 is 10.4 Å². The van der Waals surface area contributed by atoms with Crippen molar-refractivity contribution in [3.8, 4) is 5.75 Å². The Labute approximate surface area is 120 Å². The van der Waals surface area contributed by atoms with Gasteiger partial charge in [-0.3, -0.25) is 4.79 Å². The van der Waals surface area contributed by atoms with E-state index in [0.29, 0.717) is 0 Å². The van der Waals surface area contributed by atoms with Gasteiger partial charge in [-0.2, -0.15) is 0 Å². The number of hydrogen-bond acceptors (Lipinski definition) is 2. The van der Waals surface area contributed by atoms with Gasteiger partial charge in [-0.1, -0.05) is 11.6 Å². The van der Waals surface area contributed by atoms with Crippen molar-refractivity contribution in [1.29, 1.82) is 0 Å². The zero-order chi connectivity index (χ0) is 15.7. The summed E-state index contributed by atoms with van der Waals surface area (Å²) in [5.41, 5.74) is -1.60. The lowest BCUT2D eigenvalue weighted by atomic mass is 10.2. The van der Waals surface area contributed by atoms with E-state index in [9.17, 15) is 27.5 Å². The first-order valence-corrected chi connectivity index (χ1v) is 5.82. The van der Waals surface area contributed by atoms with E-state index >= 15 is 0 Å². The lowest BCUT2D eigenvalue weighted by molar-refractivity contribution is 0.102. The Morgan fingerprint density at radius 3 is 2.19 bits per heavy atom. The second-order valence-corrected chi connectivity index (χ2v) is 4.37. The molecule has 2 aromatic rings. The molecule has 21 heavy (non-hydrogen) atoms. The molecule has 0 aliphatic heterocycles.